The SMILES string of the molecule is COc1ccc2cc(C(=O)[C@H]3CCCN(C(=O)c4ccnn4C)C3)ccc2c1. The molecule has 2 heterocycles. The highest BCUT2D eigenvalue weighted by Gasteiger charge is 2.30. The van der Waals surface area contributed by atoms with Crippen LogP contribution in [-0.2, 0) is 7.05 Å². The van der Waals surface area contributed by atoms with E-state index in [-0.39, 0.29) is 17.6 Å². The fraction of sp³-hybridized carbons (Fsp3) is 0.318. The summed E-state index contributed by atoms with van der Waals surface area (Å²) in [6, 6.07) is 13.3. The third-order valence-corrected chi connectivity index (χ3v) is 5.45. The number of Topliss-reactive ketones (excluding diaryl/α,β-unsaturated/α-hetero) is 1. The van der Waals surface area contributed by atoms with Crippen molar-refractivity contribution in [1.82, 2.24) is 14.7 Å². The van der Waals surface area contributed by atoms with E-state index in [0.717, 1.165) is 29.4 Å². The highest BCUT2D eigenvalue weighted by atomic mass is 16.5. The lowest BCUT2D eigenvalue weighted by atomic mass is 9.89. The molecule has 1 fully saturated rings. The number of methoxy groups -OCH3 is 1. The van der Waals surface area contributed by atoms with Gasteiger partial charge < -0.3 is 9.64 Å². The number of rotatable bonds is 4. The number of ketones is 1. The molecule has 28 heavy (non-hydrogen) atoms. The Balaban J connectivity index is 1.53. The topological polar surface area (TPSA) is 64.4 Å². The predicted octanol–water partition coefficient (Wildman–Crippen LogP) is 3.32. The lowest BCUT2D eigenvalue weighted by Gasteiger charge is -2.32. The number of hydrogen-bond acceptors (Lipinski definition) is 4. The van der Waals surface area contributed by atoms with Crippen LogP contribution < -0.4 is 4.74 Å². The molecule has 144 valence electrons. The first-order valence-corrected chi connectivity index (χ1v) is 9.46. The predicted molar refractivity (Wildman–Crippen MR) is 107 cm³/mol. The van der Waals surface area contributed by atoms with Gasteiger partial charge in [-0.15, -0.1) is 0 Å². The van der Waals surface area contributed by atoms with E-state index in [1.165, 1.54) is 0 Å². The molecular weight excluding hydrogens is 354 g/mol. The second-order valence-corrected chi connectivity index (χ2v) is 7.22. The van der Waals surface area contributed by atoms with E-state index in [2.05, 4.69) is 5.10 Å². The Morgan fingerprint density at radius 3 is 2.64 bits per heavy atom. The van der Waals surface area contributed by atoms with E-state index in [0.29, 0.717) is 24.3 Å². The highest BCUT2D eigenvalue weighted by molar-refractivity contribution is 6.02. The van der Waals surface area contributed by atoms with Crippen molar-refractivity contribution < 1.29 is 14.3 Å². The number of nitrogens with zero attached hydrogens (tertiary/aromatic N) is 3. The van der Waals surface area contributed by atoms with E-state index >= 15 is 0 Å². The molecule has 0 N–H and O–H groups in total. The molecule has 2 aromatic carbocycles. The zero-order chi connectivity index (χ0) is 19.7. The molecule has 3 aromatic rings. The Bertz CT molecular complexity index is 1040. The average Bonchev–Trinajstić information content (AvgIpc) is 3.17. The van der Waals surface area contributed by atoms with Crippen molar-refractivity contribution in [2.45, 2.75) is 12.8 Å². The van der Waals surface area contributed by atoms with Crippen molar-refractivity contribution in [3.63, 3.8) is 0 Å². The van der Waals surface area contributed by atoms with Crippen LogP contribution >= 0.6 is 0 Å². The second-order valence-electron chi connectivity index (χ2n) is 7.22. The third kappa shape index (κ3) is 3.38. The van der Waals surface area contributed by atoms with Gasteiger partial charge >= 0.3 is 0 Å². The summed E-state index contributed by atoms with van der Waals surface area (Å²) in [5.74, 6) is 0.646. The molecule has 1 aliphatic heterocycles. The number of likely N-dealkylation sites (tertiary alicyclic amines) is 1. The standard InChI is InChI=1S/C22H23N3O3/c1-24-20(9-10-23-24)22(27)25-11-3-4-18(14-25)21(26)17-6-5-16-13-19(28-2)8-7-15(16)12-17/h5-10,12-13,18H,3-4,11,14H2,1-2H3/t18-/m0/s1. The molecule has 1 atom stereocenters. The molecule has 0 spiro atoms. The molecule has 6 nitrogen and oxygen atoms in total. The first-order valence-electron chi connectivity index (χ1n) is 9.46. The maximum atomic E-state index is 13.1. The van der Waals surface area contributed by atoms with Gasteiger partial charge in [0.25, 0.3) is 5.91 Å². The summed E-state index contributed by atoms with van der Waals surface area (Å²) in [5, 5.41) is 6.11. The fourth-order valence-electron chi connectivity index (χ4n) is 3.86. The van der Waals surface area contributed by atoms with Crippen LogP contribution in [0.1, 0.15) is 33.7 Å². The molecule has 1 aromatic heterocycles. The first kappa shape index (κ1) is 18.2. The number of carbonyl (C=O) groups is 2. The Hall–Kier alpha value is -3.15. The molecule has 0 radical (unpaired) electrons. The van der Waals surface area contributed by atoms with Crippen molar-refractivity contribution in [3.05, 3.63) is 59.9 Å². The van der Waals surface area contributed by atoms with Crippen LogP contribution in [0.5, 0.6) is 5.75 Å². The number of carbonyl (C=O) groups excluding carboxylic acids is 2. The largest absolute Gasteiger partial charge is 0.497 e. The molecule has 0 bridgehead atoms. The minimum atomic E-state index is -0.179. The molecule has 1 aliphatic rings. The van der Waals surface area contributed by atoms with Crippen molar-refractivity contribution in [1.29, 1.82) is 0 Å². The lowest BCUT2D eigenvalue weighted by molar-refractivity contribution is 0.0628. The summed E-state index contributed by atoms with van der Waals surface area (Å²) in [7, 11) is 3.39. The lowest BCUT2D eigenvalue weighted by Crippen LogP contribution is -2.43. The van der Waals surface area contributed by atoms with Crippen LogP contribution in [0.3, 0.4) is 0 Å². The van der Waals surface area contributed by atoms with Crippen LogP contribution in [0.2, 0.25) is 0 Å². The summed E-state index contributed by atoms with van der Waals surface area (Å²) >= 11 is 0. The van der Waals surface area contributed by atoms with Gasteiger partial charge in [-0.2, -0.15) is 5.10 Å². The van der Waals surface area contributed by atoms with E-state index < -0.39 is 0 Å². The fourth-order valence-corrected chi connectivity index (χ4v) is 3.86. The van der Waals surface area contributed by atoms with Crippen LogP contribution in [0, 0.1) is 5.92 Å². The van der Waals surface area contributed by atoms with E-state index in [9.17, 15) is 9.59 Å². The molecular formula is C22H23N3O3. The van der Waals surface area contributed by atoms with Crippen LogP contribution in [0.25, 0.3) is 10.8 Å². The summed E-state index contributed by atoms with van der Waals surface area (Å²) in [4.78, 5) is 27.6. The summed E-state index contributed by atoms with van der Waals surface area (Å²) in [6.07, 6.45) is 3.24. The normalized spacial score (nSPS) is 16.9. The molecule has 6 heteroatoms. The van der Waals surface area contributed by atoms with Gasteiger partial charge in [-0.1, -0.05) is 18.2 Å². The van der Waals surface area contributed by atoms with Crippen molar-refractivity contribution in [2.24, 2.45) is 13.0 Å². The number of amides is 1. The van der Waals surface area contributed by atoms with Gasteiger partial charge in [0.05, 0.1) is 7.11 Å². The molecule has 0 aliphatic carbocycles. The van der Waals surface area contributed by atoms with Gasteiger partial charge in [-0.3, -0.25) is 14.3 Å². The Kier molecular flexibility index (Phi) is 4.86. The third-order valence-electron chi connectivity index (χ3n) is 5.45. The minimum absolute atomic E-state index is 0.0666. The van der Waals surface area contributed by atoms with E-state index in [4.69, 9.17) is 4.74 Å². The van der Waals surface area contributed by atoms with Crippen LogP contribution in [0.15, 0.2) is 48.7 Å². The Morgan fingerprint density at radius 2 is 1.89 bits per heavy atom. The number of benzene rings is 2. The van der Waals surface area contributed by atoms with Crippen molar-refractivity contribution >= 4 is 22.5 Å². The average molecular weight is 377 g/mol. The maximum absolute atomic E-state index is 13.1. The number of ether oxygens (including phenoxy) is 1. The zero-order valence-electron chi connectivity index (χ0n) is 16.1. The van der Waals surface area contributed by atoms with Gasteiger partial charge in [0, 0.05) is 37.8 Å². The van der Waals surface area contributed by atoms with Crippen LogP contribution in [0.4, 0.5) is 0 Å². The number of fused-ring (bicyclic) bond motifs is 1. The number of piperidine rings is 1. The highest BCUT2D eigenvalue weighted by Crippen LogP contribution is 2.26. The van der Waals surface area contributed by atoms with Gasteiger partial charge in [0.15, 0.2) is 5.78 Å². The monoisotopic (exact) mass is 377 g/mol. The number of aryl methyl sites for hydroxylation is 1. The first-order chi connectivity index (χ1) is 13.6. The second kappa shape index (κ2) is 7.46. The minimum Gasteiger partial charge on any atom is -0.497 e. The van der Waals surface area contributed by atoms with Gasteiger partial charge in [0.2, 0.25) is 0 Å². The van der Waals surface area contributed by atoms with Gasteiger partial charge in [-0.25, -0.2) is 0 Å². The van der Waals surface area contributed by atoms with Crippen LogP contribution in [-0.4, -0.2) is 46.6 Å². The maximum Gasteiger partial charge on any atom is 0.272 e. The van der Waals surface area contributed by atoms with Gasteiger partial charge in [-0.05, 0) is 47.9 Å². The molecule has 0 saturated carbocycles. The molecule has 4 rings (SSSR count). The quantitative estimate of drug-likeness (QED) is 0.655. The van der Waals surface area contributed by atoms with Crippen molar-refractivity contribution in [2.75, 3.05) is 20.2 Å². The summed E-state index contributed by atoms with van der Waals surface area (Å²) < 4.78 is 6.83. The van der Waals surface area contributed by atoms with E-state index in [1.807, 2.05) is 36.4 Å². The number of hydrogen-bond donors (Lipinski definition) is 0. The molecule has 1 amide bonds. The summed E-state index contributed by atoms with van der Waals surface area (Å²) in [6.45, 7) is 1.12. The summed E-state index contributed by atoms with van der Waals surface area (Å²) in [5.41, 5.74) is 1.24. The van der Waals surface area contributed by atoms with Crippen molar-refractivity contribution in [3.8, 4) is 5.75 Å². The van der Waals surface area contributed by atoms with Gasteiger partial charge in [0.1, 0.15) is 11.4 Å². The van der Waals surface area contributed by atoms with E-state index in [1.54, 1.807) is 36.0 Å². The Labute approximate surface area is 163 Å². The number of aromatic nitrogens is 2. The smallest absolute Gasteiger partial charge is 0.272 e. The zero-order valence-corrected chi connectivity index (χ0v) is 16.1. The molecule has 0 unspecified atom stereocenters. The Morgan fingerprint density at radius 1 is 1.11 bits per heavy atom. The molecule has 1 saturated heterocycles.